The fourth-order valence-electron chi connectivity index (χ4n) is 3.19. The highest BCUT2D eigenvalue weighted by molar-refractivity contribution is 6.06. The topological polar surface area (TPSA) is 76.8 Å². The maximum Gasteiger partial charge on any atom is 0.292 e. The Balaban J connectivity index is 1.52. The third-order valence-electron chi connectivity index (χ3n) is 4.72. The second-order valence-corrected chi connectivity index (χ2v) is 6.37. The number of aryl methyl sites for hydroxylation is 1. The zero-order valence-corrected chi connectivity index (χ0v) is 15.3. The molecule has 0 spiro atoms. The molecule has 3 aromatic rings. The van der Waals surface area contributed by atoms with Crippen LogP contribution in [0.15, 0.2) is 40.9 Å². The van der Waals surface area contributed by atoms with Crippen LogP contribution in [0, 0.1) is 6.92 Å². The first-order valence-corrected chi connectivity index (χ1v) is 8.83. The van der Waals surface area contributed by atoms with Crippen LogP contribution in [0.3, 0.4) is 0 Å². The summed E-state index contributed by atoms with van der Waals surface area (Å²) in [4.78, 5) is 19.2. The maximum atomic E-state index is 12.6. The molecular weight excluding hydrogens is 346 g/mol. The molecule has 0 radical (unpaired) electrons. The number of carbonyl (C=O) groups is 1. The van der Waals surface area contributed by atoms with Crippen molar-refractivity contribution in [2.45, 2.75) is 6.92 Å². The fraction of sp³-hybridized carbons (Fsp3) is 0.300. The molecule has 1 saturated heterocycles. The minimum absolute atomic E-state index is 0.275. The molecule has 0 unspecified atom stereocenters. The van der Waals surface area contributed by atoms with Gasteiger partial charge in [0.1, 0.15) is 17.2 Å². The zero-order valence-electron chi connectivity index (χ0n) is 15.3. The van der Waals surface area contributed by atoms with Crippen LogP contribution in [0.2, 0.25) is 0 Å². The average Bonchev–Trinajstić information content (AvgIpc) is 3.05. The molecule has 0 saturated carbocycles. The first kappa shape index (κ1) is 17.4. The van der Waals surface area contributed by atoms with Crippen molar-refractivity contribution >= 4 is 28.4 Å². The molecule has 2 aromatic heterocycles. The third-order valence-corrected chi connectivity index (χ3v) is 4.72. The van der Waals surface area contributed by atoms with E-state index in [2.05, 4.69) is 15.2 Å². The van der Waals surface area contributed by atoms with Gasteiger partial charge in [0.2, 0.25) is 0 Å². The van der Waals surface area contributed by atoms with Crippen LogP contribution in [0.25, 0.3) is 11.0 Å². The molecule has 1 fully saturated rings. The number of morpholine rings is 1. The van der Waals surface area contributed by atoms with Crippen molar-refractivity contribution < 1.29 is 18.7 Å². The summed E-state index contributed by atoms with van der Waals surface area (Å²) in [7, 11) is 1.61. The smallest absolute Gasteiger partial charge is 0.292 e. The van der Waals surface area contributed by atoms with Crippen LogP contribution in [-0.4, -0.2) is 44.3 Å². The number of nitrogens with one attached hydrogen (secondary N) is 1. The lowest BCUT2D eigenvalue weighted by atomic mass is 10.1. The van der Waals surface area contributed by atoms with Gasteiger partial charge in [0.05, 0.1) is 32.2 Å². The fourth-order valence-corrected chi connectivity index (χ4v) is 3.19. The predicted molar refractivity (Wildman–Crippen MR) is 103 cm³/mol. The van der Waals surface area contributed by atoms with Crippen LogP contribution in [0.4, 0.5) is 11.5 Å². The summed E-state index contributed by atoms with van der Waals surface area (Å²) in [6, 6.07) is 9.21. The molecule has 1 aliphatic rings. The van der Waals surface area contributed by atoms with E-state index >= 15 is 0 Å². The Kier molecular flexibility index (Phi) is 4.68. The molecule has 27 heavy (non-hydrogen) atoms. The van der Waals surface area contributed by atoms with E-state index in [0.29, 0.717) is 24.6 Å². The van der Waals surface area contributed by atoms with Gasteiger partial charge in [0.25, 0.3) is 5.91 Å². The van der Waals surface area contributed by atoms with Crippen molar-refractivity contribution in [3.05, 3.63) is 47.9 Å². The lowest BCUT2D eigenvalue weighted by molar-refractivity contribution is 0.0997. The summed E-state index contributed by atoms with van der Waals surface area (Å²) in [6.07, 6.45) is 1.76. The molecule has 0 atom stereocenters. The number of fused-ring (bicyclic) bond motifs is 1. The molecule has 1 aliphatic heterocycles. The molecule has 0 bridgehead atoms. The molecule has 7 heteroatoms. The molecule has 4 rings (SSSR count). The number of anilines is 2. The van der Waals surface area contributed by atoms with E-state index in [1.54, 1.807) is 31.5 Å². The van der Waals surface area contributed by atoms with E-state index in [-0.39, 0.29) is 11.7 Å². The van der Waals surface area contributed by atoms with Gasteiger partial charge in [-0.3, -0.25) is 4.79 Å². The van der Waals surface area contributed by atoms with Crippen LogP contribution in [0.5, 0.6) is 5.75 Å². The van der Waals surface area contributed by atoms with E-state index < -0.39 is 0 Å². The number of furan rings is 1. The number of ether oxygens (including phenoxy) is 2. The average molecular weight is 367 g/mol. The number of carbonyl (C=O) groups excluding carboxylic acids is 1. The maximum absolute atomic E-state index is 12.6. The van der Waals surface area contributed by atoms with E-state index in [1.807, 2.05) is 19.1 Å². The second-order valence-electron chi connectivity index (χ2n) is 6.37. The molecule has 1 amide bonds. The Morgan fingerprint density at radius 2 is 2.04 bits per heavy atom. The summed E-state index contributed by atoms with van der Waals surface area (Å²) in [5.41, 5.74) is 2.43. The number of benzene rings is 1. The summed E-state index contributed by atoms with van der Waals surface area (Å²) in [6.45, 7) is 4.97. The summed E-state index contributed by atoms with van der Waals surface area (Å²) in [5.74, 6) is 1.15. The lowest BCUT2D eigenvalue weighted by Gasteiger charge is -2.28. The molecule has 0 aliphatic carbocycles. The van der Waals surface area contributed by atoms with Gasteiger partial charge in [-0.1, -0.05) is 0 Å². The normalized spacial score (nSPS) is 14.4. The lowest BCUT2D eigenvalue weighted by Crippen LogP contribution is -2.36. The van der Waals surface area contributed by atoms with Gasteiger partial charge in [0, 0.05) is 24.0 Å². The molecule has 3 heterocycles. The van der Waals surface area contributed by atoms with Gasteiger partial charge in [-0.05, 0) is 37.3 Å². The number of hydrogen-bond acceptors (Lipinski definition) is 6. The molecule has 140 valence electrons. The SMILES string of the molecule is COc1ccc2oc(C(=O)Nc3ccc(N4CCOCC4)cn3)c(C)c2c1. The molecule has 1 N–H and O–H groups in total. The highest BCUT2D eigenvalue weighted by Crippen LogP contribution is 2.29. The summed E-state index contributed by atoms with van der Waals surface area (Å²) < 4.78 is 16.3. The highest BCUT2D eigenvalue weighted by atomic mass is 16.5. The number of pyridine rings is 1. The van der Waals surface area contributed by atoms with Gasteiger partial charge in [-0.15, -0.1) is 0 Å². The van der Waals surface area contributed by atoms with Gasteiger partial charge < -0.3 is 24.1 Å². The summed E-state index contributed by atoms with van der Waals surface area (Å²) in [5, 5.41) is 3.66. The van der Waals surface area contributed by atoms with Crippen molar-refractivity contribution in [3.8, 4) is 5.75 Å². The molecule has 7 nitrogen and oxygen atoms in total. The number of amides is 1. The number of aromatic nitrogens is 1. The standard InChI is InChI=1S/C20H21N3O4/c1-13-16-11-15(25-2)4-5-17(16)27-19(13)20(24)22-18-6-3-14(12-21-18)23-7-9-26-10-8-23/h3-6,11-12H,7-10H2,1-2H3,(H,21,22,24). The van der Waals surface area contributed by atoms with E-state index in [1.165, 1.54) is 0 Å². The minimum Gasteiger partial charge on any atom is -0.497 e. The first-order valence-electron chi connectivity index (χ1n) is 8.83. The Morgan fingerprint density at radius 3 is 2.74 bits per heavy atom. The Hall–Kier alpha value is -3.06. The van der Waals surface area contributed by atoms with Gasteiger partial charge in [0.15, 0.2) is 5.76 Å². The second kappa shape index (κ2) is 7.28. The van der Waals surface area contributed by atoms with Crippen molar-refractivity contribution in [2.24, 2.45) is 0 Å². The van der Waals surface area contributed by atoms with E-state index in [4.69, 9.17) is 13.9 Å². The monoisotopic (exact) mass is 367 g/mol. The Labute approximate surface area is 156 Å². The Bertz CT molecular complexity index is 959. The van der Waals surface area contributed by atoms with Crippen LogP contribution in [0.1, 0.15) is 16.1 Å². The first-order chi connectivity index (χ1) is 13.2. The van der Waals surface area contributed by atoms with E-state index in [9.17, 15) is 4.79 Å². The number of hydrogen-bond donors (Lipinski definition) is 1. The van der Waals surface area contributed by atoms with Crippen LogP contribution < -0.4 is 15.0 Å². The highest BCUT2D eigenvalue weighted by Gasteiger charge is 2.19. The van der Waals surface area contributed by atoms with Crippen molar-refractivity contribution in [1.82, 2.24) is 4.98 Å². The number of methoxy groups -OCH3 is 1. The van der Waals surface area contributed by atoms with Gasteiger partial charge >= 0.3 is 0 Å². The molecule has 1 aromatic carbocycles. The minimum atomic E-state index is -0.325. The molecular formula is C20H21N3O4. The predicted octanol–water partition coefficient (Wildman–Crippen LogP) is 3.23. The largest absolute Gasteiger partial charge is 0.497 e. The van der Waals surface area contributed by atoms with Gasteiger partial charge in [-0.25, -0.2) is 4.98 Å². The quantitative estimate of drug-likeness (QED) is 0.763. The van der Waals surface area contributed by atoms with E-state index in [0.717, 1.165) is 35.5 Å². The van der Waals surface area contributed by atoms with Crippen molar-refractivity contribution in [1.29, 1.82) is 0 Å². The number of nitrogens with zero attached hydrogens (tertiary/aromatic N) is 2. The van der Waals surface area contributed by atoms with Gasteiger partial charge in [-0.2, -0.15) is 0 Å². The third kappa shape index (κ3) is 3.46. The summed E-state index contributed by atoms with van der Waals surface area (Å²) >= 11 is 0. The van der Waals surface area contributed by atoms with Crippen LogP contribution >= 0.6 is 0 Å². The number of rotatable bonds is 4. The van der Waals surface area contributed by atoms with Crippen LogP contribution in [-0.2, 0) is 4.74 Å². The van der Waals surface area contributed by atoms with Crippen molar-refractivity contribution in [3.63, 3.8) is 0 Å². The Morgan fingerprint density at radius 1 is 1.22 bits per heavy atom. The zero-order chi connectivity index (χ0) is 18.8. The van der Waals surface area contributed by atoms with Crippen molar-refractivity contribution in [2.75, 3.05) is 43.6 Å².